The van der Waals surface area contributed by atoms with Crippen LogP contribution in [0.15, 0.2) is 41.6 Å². The van der Waals surface area contributed by atoms with Gasteiger partial charge in [-0.2, -0.15) is 9.40 Å². The molecule has 144 valence electrons. The van der Waals surface area contributed by atoms with Crippen LogP contribution in [0.25, 0.3) is 5.69 Å². The van der Waals surface area contributed by atoms with Crippen LogP contribution >= 0.6 is 0 Å². The molecule has 0 radical (unpaired) electrons. The second-order valence-electron chi connectivity index (χ2n) is 6.86. The number of sulfonamides is 1. The number of methoxy groups -OCH3 is 1. The van der Waals surface area contributed by atoms with Gasteiger partial charge >= 0.3 is 0 Å². The van der Waals surface area contributed by atoms with Crippen molar-refractivity contribution < 1.29 is 17.9 Å². The van der Waals surface area contributed by atoms with E-state index in [1.165, 1.54) is 11.4 Å². The molecule has 0 spiro atoms. The van der Waals surface area contributed by atoms with Crippen molar-refractivity contribution in [2.75, 3.05) is 20.2 Å². The van der Waals surface area contributed by atoms with Crippen LogP contribution in [0.4, 0.5) is 0 Å². The molecule has 0 N–H and O–H groups in total. The van der Waals surface area contributed by atoms with Crippen LogP contribution in [0, 0.1) is 0 Å². The first-order valence-corrected chi connectivity index (χ1v) is 10.4. The Bertz CT molecular complexity index is 958. The van der Waals surface area contributed by atoms with Gasteiger partial charge in [-0.25, -0.2) is 13.1 Å². The largest absolute Gasteiger partial charge is 0.495 e. The third kappa shape index (κ3) is 2.90. The van der Waals surface area contributed by atoms with E-state index in [9.17, 15) is 13.2 Å². The molecule has 1 amide bonds. The minimum Gasteiger partial charge on any atom is -0.495 e. The Morgan fingerprint density at radius 1 is 1.30 bits per heavy atom. The maximum absolute atomic E-state index is 13.5. The fraction of sp³-hybridized carbons (Fsp3) is 0.444. The number of nitrogens with zero attached hydrogens (tertiary/aromatic N) is 4. The molecule has 27 heavy (non-hydrogen) atoms. The number of hydrogen-bond acceptors (Lipinski definition) is 5. The van der Waals surface area contributed by atoms with Crippen molar-refractivity contribution in [1.82, 2.24) is 19.0 Å². The fourth-order valence-electron chi connectivity index (χ4n) is 3.91. The standard InChI is InChI=1S/C18H22N4O4S/c1-13-18(23)20-9-3-5-15(20)12-22(13)27(24,25)17-11-14(6-7-16(17)26-2)21-10-4-8-19-21/h4,6-8,10-11,13,15H,3,5,9,12H2,1-2H3/t13-,15+/m0/s1. The van der Waals surface area contributed by atoms with Gasteiger partial charge in [-0.15, -0.1) is 0 Å². The third-order valence-electron chi connectivity index (χ3n) is 5.34. The molecule has 3 heterocycles. The maximum Gasteiger partial charge on any atom is 0.247 e. The normalized spacial score (nSPS) is 23.5. The van der Waals surface area contributed by atoms with Crippen molar-refractivity contribution >= 4 is 15.9 Å². The Hall–Kier alpha value is -2.39. The van der Waals surface area contributed by atoms with E-state index in [-0.39, 0.29) is 22.6 Å². The summed E-state index contributed by atoms with van der Waals surface area (Å²) in [4.78, 5) is 14.5. The first-order valence-electron chi connectivity index (χ1n) is 8.94. The molecule has 9 heteroatoms. The summed E-state index contributed by atoms with van der Waals surface area (Å²) >= 11 is 0. The van der Waals surface area contributed by atoms with Gasteiger partial charge in [-0.05, 0) is 44.0 Å². The van der Waals surface area contributed by atoms with Gasteiger partial charge in [0, 0.05) is 31.5 Å². The highest BCUT2D eigenvalue weighted by Crippen LogP contribution is 2.34. The van der Waals surface area contributed by atoms with Gasteiger partial charge < -0.3 is 9.64 Å². The number of ether oxygens (including phenoxy) is 1. The van der Waals surface area contributed by atoms with Crippen LogP contribution in [-0.4, -0.2) is 65.6 Å². The third-order valence-corrected chi connectivity index (χ3v) is 7.30. The molecule has 2 fully saturated rings. The lowest BCUT2D eigenvalue weighted by Gasteiger charge is -2.40. The zero-order valence-electron chi connectivity index (χ0n) is 15.3. The summed E-state index contributed by atoms with van der Waals surface area (Å²) in [6.07, 6.45) is 5.10. The second kappa shape index (κ2) is 6.65. The lowest BCUT2D eigenvalue weighted by molar-refractivity contribution is -0.139. The number of carbonyl (C=O) groups is 1. The predicted octanol–water partition coefficient (Wildman–Crippen LogP) is 1.26. The Morgan fingerprint density at radius 3 is 2.81 bits per heavy atom. The van der Waals surface area contributed by atoms with Crippen molar-refractivity contribution in [3.8, 4) is 11.4 Å². The second-order valence-corrected chi connectivity index (χ2v) is 8.72. The molecule has 1 aromatic carbocycles. The van der Waals surface area contributed by atoms with Crippen molar-refractivity contribution in [1.29, 1.82) is 0 Å². The summed E-state index contributed by atoms with van der Waals surface area (Å²) < 4.78 is 35.2. The molecule has 8 nitrogen and oxygen atoms in total. The molecule has 0 saturated carbocycles. The van der Waals surface area contributed by atoms with E-state index in [2.05, 4.69) is 5.10 Å². The maximum atomic E-state index is 13.5. The van der Waals surface area contributed by atoms with Crippen molar-refractivity contribution in [2.45, 2.75) is 36.7 Å². The lowest BCUT2D eigenvalue weighted by Crippen LogP contribution is -2.59. The van der Waals surface area contributed by atoms with Gasteiger partial charge in [-0.1, -0.05) is 0 Å². The summed E-state index contributed by atoms with van der Waals surface area (Å²) in [5.41, 5.74) is 0.609. The summed E-state index contributed by atoms with van der Waals surface area (Å²) in [5.74, 6) is 0.119. The Labute approximate surface area is 158 Å². The minimum absolute atomic E-state index is 0.0455. The quantitative estimate of drug-likeness (QED) is 0.785. The number of benzene rings is 1. The van der Waals surface area contributed by atoms with E-state index in [0.717, 1.165) is 12.8 Å². The first kappa shape index (κ1) is 18.0. The topological polar surface area (TPSA) is 84.7 Å². The van der Waals surface area contributed by atoms with E-state index in [0.29, 0.717) is 18.8 Å². The molecule has 2 saturated heterocycles. The van der Waals surface area contributed by atoms with Gasteiger partial charge in [0.1, 0.15) is 16.7 Å². The highest BCUT2D eigenvalue weighted by molar-refractivity contribution is 7.89. The molecule has 0 bridgehead atoms. The first-order chi connectivity index (χ1) is 12.9. The van der Waals surface area contributed by atoms with Crippen LogP contribution in [0.2, 0.25) is 0 Å². The number of amides is 1. The van der Waals surface area contributed by atoms with Gasteiger partial charge in [0.2, 0.25) is 15.9 Å². The van der Waals surface area contributed by atoms with Gasteiger partial charge in [0.25, 0.3) is 0 Å². The van der Waals surface area contributed by atoms with E-state index < -0.39 is 16.1 Å². The van der Waals surface area contributed by atoms with E-state index in [1.54, 1.807) is 48.3 Å². The zero-order chi connectivity index (χ0) is 19.2. The molecule has 2 aromatic rings. The van der Waals surface area contributed by atoms with Crippen molar-refractivity contribution in [3.63, 3.8) is 0 Å². The van der Waals surface area contributed by atoms with E-state index in [4.69, 9.17) is 4.74 Å². The van der Waals surface area contributed by atoms with Crippen LogP contribution in [0.5, 0.6) is 5.75 Å². The molecular weight excluding hydrogens is 368 g/mol. The molecular formula is C18H22N4O4S. The van der Waals surface area contributed by atoms with Crippen LogP contribution < -0.4 is 4.74 Å². The molecule has 4 rings (SSSR count). The van der Waals surface area contributed by atoms with E-state index >= 15 is 0 Å². The van der Waals surface area contributed by atoms with Gasteiger partial charge in [0.15, 0.2) is 0 Å². The van der Waals surface area contributed by atoms with Crippen molar-refractivity contribution in [3.05, 3.63) is 36.7 Å². The number of rotatable bonds is 4. The monoisotopic (exact) mass is 390 g/mol. The Kier molecular flexibility index (Phi) is 4.43. The highest BCUT2D eigenvalue weighted by atomic mass is 32.2. The fourth-order valence-corrected chi connectivity index (χ4v) is 5.71. The van der Waals surface area contributed by atoms with E-state index in [1.807, 2.05) is 4.90 Å². The smallest absolute Gasteiger partial charge is 0.247 e. The summed E-state index contributed by atoms with van der Waals surface area (Å²) in [5, 5.41) is 4.15. The van der Waals surface area contributed by atoms with Crippen LogP contribution in [-0.2, 0) is 14.8 Å². The molecule has 2 atom stereocenters. The average molecular weight is 390 g/mol. The summed E-state index contributed by atoms with van der Waals surface area (Å²) in [6.45, 7) is 2.67. The Morgan fingerprint density at radius 2 is 2.11 bits per heavy atom. The van der Waals surface area contributed by atoms with Crippen LogP contribution in [0.3, 0.4) is 0 Å². The van der Waals surface area contributed by atoms with Gasteiger partial charge in [0.05, 0.1) is 12.8 Å². The summed E-state index contributed by atoms with van der Waals surface area (Å²) in [6, 6.07) is 5.88. The molecule has 2 aliphatic rings. The van der Waals surface area contributed by atoms with Crippen molar-refractivity contribution in [2.24, 2.45) is 0 Å². The number of hydrogen-bond donors (Lipinski definition) is 0. The minimum atomic E-state index is -3.92. The summed E-state index contributed by atoms with van der Waals surface area (Å²) in [7, 11) is -2.48. The molecule has 1 aromatic heterocycles. The van der Waals surface area contributed by atoms with Crippen LogP contribution in [0.1, 0.15) is 19.8 Å². The SMILES string of the molecule is COc1ccc(-n2cccn2)cc1S(=O)(=O)N1C[C@H]2CCCN2C(=O)[C@@H]1C. The predicted molar refractivity (Wildman–Crippen MR) is 98.2 cm³/mol. The Balaban J connectivity index is 1.77. The van der Waals surface area contributed by atoms with Gasteiger partial charge in [-0.3, -0.25) is 4.79 Å². The lowest BCUT2D eigenvalue weighted by atomic mass is 10.1. The molecule has 0 unspecified atom stereocenters. The molecule has 0 aliphatic carbocycles. The molecule has 2 aliphatic heterocycles. The number of piperazine rings is 1. The number of carbonyl (C=O) groups excluding carboxylic acids is 1. The average Bonchev–Trinajstić information content (AvgIpc) is 3.35. The number of fused-ring (bicyclic) bond motifs is 1. The zero-order valence-corrected chi connectivity index (χ0v) is 16.1. The number of aromatic nitrogens is 2. The highest BCUT2D eigenvalue weighted by Gasteiger charge is 2.45.